The minimum Gasteiger partial charge on any atom is -0.443 e. The average Bonchev–Trinajstić information content (AvgIpc) is 1.71. The van der Waals surface area contributed by atoms with Crippen LogP contribution in [0.4, 0.5) is 0 Å². The van der Waals surface area contributed by atoms with E-state index in [4.69, 9.17) is 49.9 Å². The lowest BCUT2D eigenvalue weighted by Crippen LogP contribution is -2.41. The van der Waals surface area contributed by atoms with Gasteiger partial charge in [-0.1, -0.05) is 37.9 Å². The molecule has 516 valence electrons. The van der Waals surface area contributed by atoms with E-state index < -0.39 is 16.2 Å². The molecule has 0 aromatic carbocycles. The monoisotopic (exact) mass is 1340 g/mol. The molecule has 11 rings (SSSR count). The van der Waals surface area contributed by atoms with Crippen LogP contribution >= 0.6 is 11.6 Å². The zero-order valence-corrected chi connectivity index (χ0v) is 58.5. The van der Waals surface area contributed by atoms with Gasteiger partial charge < -0.3 is 37.6 Å². The fraction of sp³-hybridized carbons (Fsp3) is 0.507. The molecule has 27 heteroatoms. The van der Waals surface area contributed by atoms with Crippen LogP contribution in [-0.2, 0) is 67.6 Å². The molecule has 0 spiro atoms. The lowest BCUT2D eigenvalue weighted by atomic mass is 9.81. The standard InChI is InChI=1S/C19H25N5O3.C15H17N5O2.C14H24BNO3.C12H14ClN3O2.C8H11N.CH4/c1-6-26-13(2)24-10-14(9-22-24)16-15-7-8-23(17(15)21-11-20-16)12-27-18(25)19(3,4)5;1-15(2,3)14(21)22-9-20-5-4-11-12(10-6-18-19-7-10)16-8-17-13(11)20;1-7-17-11(2)16-9-8-12(10-16)15-18-13(3,4)14(5,6)19-15;1-12(2,3)11(17)18-7-16-5-4-8-9(13)14-6-15-10(8)16;9-7-3-6-8-4-1-2-5-8;/h7-11,13H,6,12H2,1-5H3;4-8H,9H2,1-3H3,(H,18,19);8-11H,7H2,1-6H3;4-6H,7H2,1-3H3;3,6,8H,1-2,4-5H2;1H4. The summed E-state index contributed by atoms with van der Waals surface area (Å²) in [6.07, 6.45) is 29.8. The zero-order valence-electron chi connectivity index (χ0n) is 57.8. The van der Waals surface area contributed by atoms with Crippen molar-refractivity contribution in [1.29, 1.82) is 5.26 Å². The summed E-state index contributed by atoms with van der Waals surface area (Å²) < 4.78 is 48.2. The number of esters is 3. The Balaban J connectivity index is 0.000000195. The van der Waals surface area contributed by atoms with E-state index in [0.29, 0.717) is 41.2 Å². The van der Waals surface area contributed by atoms with Crippen molar-refractivity contribution in [3.63, 3.8) is 0 Å². The van der Waals surface area contributed by atoms with E-state index in [1.807, 2.05) is 156 Å². The van der Waals surface area contributed by atoms with Crippen molar-refractivity contribution < 1.29 is 47.4 Å². The highest BCUT2D eigenvalue weighted by Crippen LogP contribution is 2.37. The average molecular weight is 1340 g/mol. The SMILES string of the molecule is C.CC(C)(C)C(=O)OCn1ccc2c(-c3cn[nH]c3)ncnc21.CC(C)(C)C(=O)OCn1ccc2c(Cl)ncnc21.CCOC(C)n1cc(-c2ncnc3c2ccn3COC(=O)C(C)(C)C)cn1.CCOC(C)n1ccc(B2OC(C)(C)C(C)(C)O2)c1.N#CC=CC1CCCC1. The molecule has 2 fully saturated rings. The molecule has 0 radical (unpaired) electrons. The normalized spacial score (nSPS) is 15.0. The van der Waals surface area contributed by atoms with Gasteiger partial charge >= 0.3 is 25.0 Å². The van der Waals surface area contributed by atoms with Gasteiger partial charge in [0, 0.05) is 90.0 Å². The first kappa shape index (κ1) is 76.4. The van der Waals surface area contributed by atoms with Crippen LogP contribution < -0.4 is 5.46 Å². The van der Waals surface area contributed by atoms with Gasteiger partial charge in [0.1, 0.15) is 53.5 Å². The molecule has 1 N–H and O–H groups in total. The largest absolute Gasteiger partial charge is 0.496 e. The first-order valence-electron chi connectivity index (χ1n) is 31.8. The number of aromatic nitrogens is 14. The van der Waals surface area contributed by atoms with Gasteiger partial charge in [0.15, 0.2) is 20.2 Å². The Bertz CT molecular complexity index is 4020. The fourth-order valence-corrected chi connectivity index (χ4v) is 9.77. The summed E-state index contributed by atoms with van der Waals surface area (Å²) in [4.78, 5) is 60.9. The summed E-state index contributed by atoms with van der Waals surface area (Å²) in [7, 11) is -0.305. The van der Waals surface area contributed by atoms with Crippen LogP contribution in [0.5, 0.6) is 0 Å². The zero-order chi connectivity index (χ0) is 69.5. The molecule has 1 aliphatic heterocycles. The number of rotatable bonds is 16. The van der Waals surface area contributed by atoms with Gasteiger partial charge in [0.2, 0.25) is 0 Å². The van der Waals surface area contributed by atoms with Crippen LogP contribution in [0, 0.1) is 33.5 Å². The second-order valence-corrected chi connectivity index (χ2v) is 27.3. The first-order valence-corrected chi connectivity index (χ1v) is 32.2. The predicted molar refractivity (Wildman–Crippen MR) is 369 cm³/mol. The molecular formula is C69H95BClN15O10. The van der Waals surface area contributed by atoms with Crippen molar-refractivity contribution in [2.75, 3.05) is 13.2 Å². The first-order chi connectivity index (χ1) is 44.9. The Morgan fingerprint density at radius 1 is 0.667 bits per heavy atom. The number of carbonyl (C=O) groups excluding carboxylic acids is 3. The number of hydrogen-bond donors (Lipinski definition) is 1. The van der Waals surface area contributed by atoms with Crippen LogP contribution in [0.2, 0.25) is 5.15 Å². The Hall–Kier alpha value is -8.61. The summed E-state index contributed by atoms with van der Waals surface area (Å²) in [5.41, 5.74) is 4.23. The Kier molecular flexibility index (Phi) is 26.6. The van der Waals surface area contributed by atoms with E-state index >= 15 is 0 Å². The van der Waals surface area contributed by atoms with Crippen LogP contribution in [0.25, 0.3) is 55.6 Å². The van der Waals surface area contributed by atoms with E-state index in [0.717, 1.165) is 44.1 Å². The molecule has 10 heterocycles. The predicted octanol–water partition coefficient (Wildman–Crippen LogP) is 13.6. The van der Waals surface area contributed by atoms with Crippen molar-refractivity contribution in [2.45, 2.75) is 195 Å². The van der Waals surface area contributed by atoms with Gasteiger partial charge in [-0.25, -0.2) is 34.6 Å². The number of ether oxygens (including phenoxy) is 5. The summed E-state index contributed by atoms with van der Waals surface area (Å²) >= 11 is 5.93. The van der Waals surface area contributed by atoms with E-state index in [2.05, 4.69) is 72.9 Å². The third kappa shape index (κ3) is 20.0. The number of nitriles is 1. The smallest absolute Gasteiger partial charge is 0.443 e. The van der Waals surface area contributed by atoms with Gasteiger partial charge in [-0.05, 0) is 161 Å². The number of nitrogens with zero attached hydrogens (tertiary/aromatic N) is 14. The molecule has 25 nitrogen and oxygen atoms in total. The Morgan fingerprint density at radius 2 is 1.12 bits per heavy atom. The number of hydrogen-bond acceptors (Lipinski definition) is 19. The molecular weight excluding hydrogens is 1250 g/mol. The molecule has 9 aromatic heterocycles. The van der Waals surface area contributed by atoms with Gasteiger partial charge in [0.05, 0.1) is 62.7 Å². The van der Waals surface area contributed by atoms with Crippen molar-refractivity contribution in [3.8, 4) is 28.6 Å². The van der Waals surface area contributed by atoms with Gasteiger partial charge in [0.25, 0.3) is 0 Å². The van der Waals surface area contributed by atoms with Gasteiger partial charge in [-0.2, -0.15) is 15.5 Å². The third-order valence-corrected chi connectivity index (χ3v) is 16.1. The highest BCUT2D eigenvalue weighted by Gasteiger charge is 2.52. The van der Waals surface area contributed by atoms with Crippen molar-refractivity contribution in [2.24, 2.45) is 22.2 Å². The van der Waals surface area contributed by atoms with Gasteiger partial charge in [-0.3, -0.25) is 33.2 Å². The van der Waals surface area contributed by atoms with Crippen LogP contribution in [0.3, 0.4) is 0 Å². The van der Waals surface area contributed by atoms with Crippen LogP contribution in [0.15, 0.2) is 111 Å². The molecule has 1 saturated heterocycles. The van der Waals surface area contributed by atoms with Crippen molar-refractivity contribution >= 4 is 75.2 Å². The van der Waals surface area contributed by atoms with Crippen molar-refractivity contribution in [3.05, 3.63) is 116 Å². The summed E-state index contributed by atoms with van der Waals surface area (Å²) in [5.74, 6) is -0.0579. The molecule has 1 aliphatic carbocycles. The Labute approximate surface area is 568 Å². The van der Waals surface area contributed by atoms with E-state index in [1.165, 1.54) is 44.7 Å². The summed E-state index contributed by atoms with van der Waals surface area (Å²) in [6.45, 7) is 34.2. The fourth-order valence-electron chi connectivity index (χ4n) is 9.58. The van der Waals surface area contributed by atoms with E-state index in [9.17, 15) is 14.4 Å². The Morgan fingerprint density at radius 3 is 1.58 bits per heavy atom. The van der Waals surface area contributed by atoms with Crippen LogP contribution in [-0.4, -0.2) is 118 Å². The second kappa shape index (κ2) is 33.4. The third-order valence-electron chi connectivity index (χ3n) is 15.8. The number of H-pyrrole nitrogens is 1. The lowest BCUT2D eigenvalue weighted by molar-refractivity contribution is -0.157. The lowest BCUT2D eigenvalue weighted by Gasteiger charge is -2.32. The van der Waals surface area contributed by atoms with Crippen LogP contribution in [0.1, 0.15) is 163 Å². The highest BCUT2D eigenvalue weighted by molar-refractivity contribution is 6.62. The maximum absolute atomic E-state index is 12.0. The summed E-state index contributed by atoms with van der Waals surface area (Å²) in [6, 6.07) is 9.65. The summed E-state index contributed by atoms with van der Waals surface area (Å²) in [5, 5.41) is 22.1. The maximum atomic E-state index is 12.0. The molecule has 9 aromatic rings. The molecule has 2 aliphatic rings. The topological polar surface area (TPSA) is 283 Å². The second-order valence-electron chi connectivity index (χ2n) is 26.9. The number of allylic oxidation sites excluding steroid dienone is 2. The molecule has 0 bridgehead atoms. The van der Waals surface area contributed by atoms with Gasteiger partial charge in [-0.15, -0.1) is 0 Å². The minimum atomic E-state index is -0.547. The van der Waals surface area contributed by atoms with E-state index in [-0.39, 0.29) is 76.3 Å². The van der Waals surface area contributed by atoms with E-state index in [1.54, 1.807) is 55.3 Å². The highest BCUT2D eigenvalue weighted by atomic mass is 35.5. The molecule has 1 saturated carbocycles. The molecule has 0 amide bonds. The molecule has 96 heavy (non-hydrogen) atoms. The quantitative estimate of drug-likeness (QED) is 0.0309. The maximum Gasteiger partial charge on any atom is 0.496 e. The molecule has 2 unspecified atom stereocenters. The number of carbonyl (C=O) groups is 3. The number of nitrogens with one attached hydrogen (secondary N) is 1. The number of fused-ring (bicyclic) bond motifs is 3. The van der Waals surface area contributed by atoms with Crippen molar-refractivity contribution in [1.82, 2.24) is 68.2 Å². The molecule has 2 atom stereocenters. The number of aromatic amines is 1. The number of halogens is 1. The minimum absolute atomic E-state index is 0.